The molecule has 2 unspecified atom stereocenters. The van der Waals surface area contributed by atoms with Crippen LogP contribution < -0.4 is 19.5 Å². The third-order valence-corrected chi connectivity index (χ3v) is 13.6. The lowest BCUT2D eigenvalue weighted by Crippen LogP contribution is -2.43. The molecule has 18 heteroatoms. The summed E-state index contributed by atoms with van der Waals surface area (Å²) in [5.41, 5.74) is 1.54. The highest BCUT2D eigenvalue weighted by Gasteiger charge is 2.28. The molecule has 2 N–H and O–H groups in total. The molecule has 0 saturated carbocycles. The molecule has 0 aliphatic heterocycles. The number of ether oxygens (including phenoxy) is 4. The van der Waals surface area contributed by atoms with E-state index in [0.29, 0.717) is 28.9 Å². The summed E-state index contributed by atoms with van der Waals surface area (Å²) in [6, 6.07) is 16.7. The molecule has 0 aliphatic rings. The van der Waals surface area contributed by atoms with E-state index in [2.05, 4.69) is 34.1 Å². The molecule has 2 amide bonds. The predicted molar refractivity (Wildman–Crippen MR) is 285 cm³/mol. The number of anilines is 1. The minimum absolute atomic E-state index is 0.0750. The summed E-state index contributed by atoms with van der Waals surface area (Å²) in [4.78, 5) is 67.7. The van der Waals surface area contributed by atoms with Crippen LogP contribution in [0.4, 0.5) is 16.2 Å². The Balaban J connectivity index is 1.13. The second-order valence-corrected chi connectivity index (χ2v) is 19.6. The number of benzene rings is 4. The highest BCUT2D eigenvalue weighted by molar-refractivity contribution is 7.99. The van der Waals surface area contributed by atoms with Crippen molar-refractivity contribution in [3.8, 4) is 28.9 Å². The van der Waals surface area contributed by atoms with Gasteiger partial charge in [0.2, 0.25) is 11.6 Å². The van der Waals surface area contributed by atoms with Crippen LogP contribution in [-0.4, -0.2) is 89.2 Å². The number of nitro benzene ring substituents is 1. The Morgan fingerprint density at radius 1 is 0.836 bits per heavy atom. The molecule has 0 radical (unpaired) electrons. The number of carbonyl (C=O) groups excluding carboxylic acids is 3. The maximum absolute atomic E-state index is 14.1. The second-order valence-electron chi connectivity index (χ2n) is 18.5. The number of nitrogens with zero attached hydrogens (tertiary/aromatic N) is 6. The van der Waals surface area contributed by atoms with Gasteiger partial charge in [0.25, 0.3) is 5.91 Å². The predicted octanol–water partition coefficient (Wildman–Crippen LogP) is 13.1. The third-order valence-electron chi connectivity index (χ3n) is 12.2. The van der Waals surface area contributed by atoms with E-state index in [9.17, 15) is 29.6 Å². The number of fused-ring (bicyclic) bond motifs is 2. The van der Waals surface area contributed by atoms with Crippen molar-refractivity contribution in [1.82, 2.24) is 24.4 Å². The van der Waals surface area contributed by atoms with Gasteiger partial charge in [0, 0.05) is 28.6 Å². The molecule has 2 aromatic heterocycles. The quantitative estimate of drug-likeness (QED) is 0.0203. The van der Waals surface area contributed by atoms with Crippen LogP contribution in [0.2, 0.25) is 0 Å². The van der Waals surface area contributed by atoms with Gasteiger partial charge >= 0.3 is 17.7 Å². The van der Waals surface area contributed by atoms with E-state index in [-0.39, 0.29) is 51.4 Å². The van der Waals surface area contributed by atoms with Crippen LogP contribution in [0.15, 0.2) is 79.4 Å². The van der Waals surface area contributed by atoms with Crippen molar-refractivity contribution in [3.05, 3.63) is 106 Å². The molecule has 0 saturated heterocycles. The van der Waals surface area contributed by atoms with Crippen molar-refractivity contribution in [2.45, 2.75) is 137 Å². The van der Waals surface area contributed by atoms with Gasteiger partial charge in [-0.05, 0) is 88.6 Å². The van der Waals surface area contributed by atoms with Crippen LogP contribution in [0.25, 0.3) is 21.9 Å². The SMILES string of the molecule is CCCCCCCCCCCCOc1ccc(C)cc1NC(=O)c1cc(Oc2ccc(C(C)OC(=O)CN(C(=O)n3cnc4c(OC(C)CSCCC)ncnc43)C(C)C)cc2[N+](=O)[O-])c2ccccc2c1O. The first kappa shape index (κ1) is 55.4. The average molecular weight is 1020 g/mol. The Bertz CT molecular complexity index is 2840. The molecule has 0 aliphatic carbocycles. The minimum Gasteiger partial charge on any atom is -0.506 e. The zero-order chi connectivity index (χ0) is 52.4. The standard InChI is InChI=1S/C55H69N7O10S/c1-8-10-11-12-13-14-15-16-17-20-27-69-46-25-23-37(5)29-44(46)59-53(65)43-31-48(41-21-18-19-22-42(41)51(43)64)72-47-26-24-40(30-45(47)62(67)68)39(7)71-49(63)32-60(36(3)4)55(66)61-35-58-50-52(61)56-34-57-54(50)70-38(6)33-73-28-9-2/h18-19,21-26,29-31,34-36,38-39,64H,8-17,20,27-28,32-33H2,1-7H3,(H,59,65). The van der Waals surface area contributed by atoms with E-state index < -0.39 is 47.2 Å². The van der Waals surface area contributed by atoms with Gasteiger partial charge in [-0.15, -0.1) is 0 Å². The monoisotopic (exact) mass is 1020 g/mol. The fourth-order valence-electron chi connectivity index (χ4n) is 8.26. The fraction of sp³-hybridized carbons (Fsp3) is 0.455. The molecule has 6 rings (SSSR count). The highest BCUT2D eigenvalue weighted by Crippen LogP contribution is 2.42. The summed E-state index contributed by atoms with van der Waals surface area (Å²) >= 11 is 1.77. The van der Waals surface area contributed by atoms with E-state index in [1.54, 1.807) is 62.9 Å². The maximum Gasteiger partial charge on any atom is 0.331 e. The number of phenolic OH excluding ortho intramolecular Hbond substituents is 1. The third kappa shape index (κ3) is 15.1. The number of amides is 2. The zero-order valence-electron chi connectivity index (χ0n) is 43.1. The lowest BCUT2D eigenvalue weighted by Gasteiger charge is -2.26. The number of unbranched alkanes of at least 4 members (excludes halogenated alkanes) is 9. The van der Waals surface area contributed by atoms with Crippen molar-refractivity contribution in [2.24, 2.45) is 0 Å². The van der Waals surface area contributed by atoms with Crippen molar-refractivity contribution in [2.75, 3.05) is 30.0 Å². The molecule has 0 fully saturated rings. The van der Waals surface area contributed by atoms with Crippen LogP contribution in [-0.2, 0) is 9.53 Å². The summed E-state index contributed by atoms with van der Waals surface area (Å²) < 4.78 is 25.4. The lowest BCUT2D eigenvalue weighted by atomic mass is 10.0. The summed E-state index contributed by atoms with van der Waals surface area (Å²) in [6.45, 7) is 13.3. The van der Waals surface area contributed by atoms with Crippen molar-refractivity contribution < 1.29 is 43.4 Å². The number of carbonyl (C=O) groups is 3. The number of rotatable bonds is 28. The summed E-state index contributed by atoms with van der Waals surface area (Å²) in [7, 11) is 0. The van der Waals surface area contributed by atoms with Gasteiger partial charge in [-0.1, -0.05) is 108 Å². The van der Waals surface area contributed by atoms with Crippen LogP contribution in [0.5, 0.6) is 28.9 Å². The van der Waals surface area contributed by atoms with E-state index in [0.717, 1.165) is 42.8 Å². The van der Waals surface area contributed by atoms with Gasteiger partial charge in [0.1, 0.15) is 48.7 Å². The number of aryl methyl sites for hydroxylation is 1. The average Bonchev–Trinajstić information content (AvgIpc) is 3.81. The number of hydrogen-bond donors (Lipinski definition) is 2. The van der Waals surface area contributed by atoms with E-state index in [4.69, 9.17) is 18.9 Å². The first-order chi connectivity index (χ1) is 35.2. The van der Waals surface area contributed by atoms with Gasteiger partial charge in [0.05, 0.1) is 22.8 Å². The van der Waals surface area contributed by atoms with Crippen molar-refractivity contribution in [3.63, 3.8) is 0 Å². The lowest BCUT2D eigenvalue weighted by molar-refractivity contribution is -0.385. The molecule has 0 spiro atoms. The first-order valence-electron chi connectivity index (χ1n) is 25.4. The molecule has 2 atom stereocenters. The van der Waals surface area contributed by atoms with Gasteiger partial charge < -0.3 is 34.3 Å². The normalized spacial score (nSPS) is 12.2. The number of aromatic hydroxyl groups is 1. The second kappa shape index (κ2) is 27.2. The molecule has 2 heterocycles. The summed E-state index contributed by atoms with van der Waals surface area (Å²) in [5.74, 6) is 0.689. The number of esters is 1. The smallest absolute Gasteiger partial charge is 0.331 e. The molecule has 0 bridgehead atoms. The van der Waals surface area contributed by atoms with Crippen molar-refractivity contribution in [1.29, 1.82) is 0 Å². The maximum atomic E-state index is 14.1. The number of thioether (sulfide) groups is 1. The largest absolute Gasteiger partial charge is 0.506 e. The van der Waals surface area contributed by atoms with Gasteiger partial charge in [0.15, 0.2) is 11.2 Å². The minimum atomic E-state index is -0.987. The number of nitrogens with one attached hydrogen (secondary N) is 1. The Labute approximate surface area is 431 Å². The number of hydrogen-bond acceptors (Lipinski definition) is 14. The Morgan fingerprint density at radius 2 is 1.53 bits per heavy atom. The van der Waals surface area contributed by atoms with E-state index in [1.807, 2.05) is 26.0 Å². The van der Waals surface area contributed by atoms with Gasteiger partial charge in [-0.3, -0.25) is 19.7 Å². The highest BCUT2D eigenvalue weighted by atomic mass is 32.2. The van der Waals surface area contributed by atoms with Crippen LogP contribution in [0, 0.1) is 17.0 Å². The first-order valence-corrected chi connectivity index (χ1v) is 26.5. The Hall–Kier alpha value is -6.95. The summed E-state index contributed by atoms with van der Waals surface area (Å²) in [6.07, 6.45) is 14.5. The number of aromatic nitrogens is 4. The molecular weight excluding hydrogens is 951 g/mol. The number of phenols is 1. The number of imidazole rings is 1. The van der Waals surface area contributed by atoms with Gasteiger partial charge in [-0.2, -0.15) is 16.7 Å². The topological polar surface area (TPSA) is 210 Å². The van der Waals surface area contributed by atoms with Crippen LogP contribution >= 0.6 is 11.8 Å². The molecule has 4 aromatic carbocycles. The van der Waals surface area contributed by atoms with E-state index in [1.165, 1.54) is 91.3 Å². The van der Waals surface area contributed by atoms with Gasteiger partial charge in [-0.25, -0.2) is 19.3 Å². The van der Waals surface area contributed by atoms with Crippen LogP contribution in [0.3, 0.4) is 0 Å². The molecule has 73 heavy (non-hydrogen) atoms. The molecular formula is C55H69N7O10S. The Kier molecular flexibility index (Phi) is 20.6. The molecule has 17 nitrogen and oxygen atoms in total. The Morgan fingerprint density at radius 3 is 2.23 bits per heavy atom. The zero-order valence-corrected chi connectivity index (χ0v) is 43.9. The van der Waals surface area contributed by atoms with Crippen LogP contribution in [0.1, 0.15) is 140 Å². The van der Waals surface area contributed by atoms with Crippen molar-refractivity contribution >= 4 is 63.0 Å². The fourth-order valence-corrected chi connectivity index (χ4v) is 9.11. The molecule has 390 valence electrons. The molecule has 6 aromatic rings. The van der Waals surface area contributed by atoms with E-state index >= 15 is 0 Å². The summed E-state index contributed by atoms with van der Waals surface area (Å²) in [5, 5.41) is 27.7. The number of nitro groups is 1.